The molecule has 1 spiro atoms. The first-order chi connectivity index (χ1) is 47.9. The van der Waals surface area contributed by atoms with Crippen molar-refractivity contribution in [3.05, 3.63) is 0 Å². The van der Waals surface area contributed by atoms with Gasteiger partial charge in [-0.3, -0.25) is 0 Å². The van der Waals surface area contributed by atoms with Crippen LogP contribution in [0.3, 0.4) is 0 Å². The molecule has 9 heterocycles. The summed E-state index contributed by atoms with van der Waals surface area (Å²) < 4.78 is 98.0. The van der Waals surface area contributed by atoms with E-state index in [0.717, 1.165) is 44.9 Å². The summed E-state index contributed by atoms with van der Waals surface area (Å²) in [4.78, 5) is 0. The molecule has 13 aliphatic rings. The molecule has 13 rings (SSSR count). The summed E-state index contributed by atoms with van der Waals surface area (Å²) in [5.74, 6) is 1.64. The largest absolute Gasteiger partial charge is 0.394 e. The van der Waals surface area contributed by atoms with Gasteiger partial charge in [-0.15, -0.1) is 0 Å². The summed E-state index contributed by atoms with van der Waals surface area (Å²) in [6.45, 7) is 6.52. The van der Waals surface area contributed by atoms with Crippen LogP contribution in [-0.2, 0) is 75.8 Å². The van der Waals surface area contributed by atoms with Crippen LogP contribution < -0.4 is 0 Å². The van der Waals surface area contributed by atoms with Crippen molar-refractivity contribution < 1.29 is 173 Å². The van der Waals surface area contributed by atoms with Gasteiger partial charge in [0, 0.05) is 12.3 Å². The third kappa shape index (κ3) is 14.2. The lowest BCUT2D eigenvalue weighted by atomic mass is 9.44. The molecule has 13 fully saturated rings. The molecule has 0 bridgehead atoms. The van der Waals surface area contributed by atoms with Crippen LogP contribution in [0.5, 0.6) is 0 Å². The molecule has 45 atom stereocenters. The van der Waals surface area contributed by atoms with Gasteiger partial charge < -0.3 is 173 Å². The molecular formula is C66H108O35. The second-order valence-corrected chi connectivity index (χ2v) is 31.5. The fourth-order valence-corrected chi connectivity index (χ4v) is 19.7. The Hall–Kier alpha value is -1.40. The summed E-state index contributed by atoms with van der Waals surface area (Å²) >= 11 is 0. The van der Waals surface area contributed by atoms with Gasteiger partial charge in [0.1, 0.15) is 146 Å². The van der Waals surface area contributed by atoms with Crippen molar-refractivity contribution in [1.29, 1.82) is 0 Å². The fourth-order valence-electron chi connectivity index (χ4n) is 19.7. The van der Waals surface area contributed by atoms with E-state index in [1.807, 2.05) is 0 Å². The number of hydrogen-bond acceptors (Lipinski definition) is 35. The first-order valence-electron chi connectivity index (χ1n) is 36.0. The zero-order valence-corrected chi connectivity index (χ0v) is 57.1. The highest BCUT2D eigenvalue weighted by Crippen LogP contribution is 2.71. The van der Waals surface area contributed by atoms with Crippen LogP contribution in [0.25, 0.3) is 0 Å². The summed E-state index contributed by atoms with van der Waals surface area (Å²) in [7, 11) is 0. The zero-order chi connectivity index (χ0) is 72.4. The Morgan fingerprint density at radius 3 is 1.65 bits per heavy atom. The van der Waals surface area contributed by atoms with Crippen molar-refractivity contribution >= 4 is 0 Å². The average molecular weight is 1460 g/mol. The minimum Gasteiger partial charge on any atom is -0.394 e. The van der Waals surface area contributed by atoms with Crippen molar-refractivity contribution in [2.45, 2.75) is 313 Å². The Labute approximate surface area is 582 Å². The summed E-state index contributed by atoms with van der Waals surface area (Å²) in [6, 6.07) is 0. The lowest BCUT2D eigenvalue weighted by molar-refractivity contribution is -0.411. The van der Waals surface area contributed by atoms with Crippen molar-refractivity contribution in [3.63, 3.8) is 0 Å². The highest BCUT2D eigenvalue weighted by molar-refractivity contribution is 5.16. The molecule has 0 aromatic rings. The number of hydrogen-bond donors (Lipinski definition) is 19. The molecular weight excluding hydrogens is 1350 g/mol. The second kappa shape index (κ2) is 30.8. The number of fused-ring (bicyclic) bond motifs is 7. The highest BCUT2D eigenvalue weighted by Gasteiger charge is 2.70. The minimum atomic E-state index is -2.19. The van der Waals surface area contributed by atoms with E-state index in [-0.39, 0.29) is 34.7 Å². The van der Waals surface area contributed by atoms with E-state index in [1.165, 1.54) is 6.92 Å². The van der Waals surface area contributed by atoms with Crippen LogP contribution in [0.1, 0.15) is 92.4 Å². The van der Waals surface area contributed by atoms with Gasteiger partial charge in [0.25, 0.3) is 0 Å². The van der Waals surface area contributed by atoms with Crippen LogP contribution in [0.15, 0.2) is 0 Å². The third-order valence-electron chi connectivity index (χ3n) is 25.6. The Morgan fingerprint density at radius 2 is 0.970 bits per heavy atom. The Kier molecular flexibility index (Phi) is 23.7. The minimum absolute atomic E-state index is 0.0401. The number of aliphatic hydroxyl groups excluding tert-OH is 19. The number of aliphatic hydroxyl groups is 19. The Bertz CT molecular complexity index is 2710. The lowest BCUT2D eigenvalue weighted by Crippen LogP contribution is -2.69. The highest BCUT2D eigenvalue weighted by atomic mass is 16.8. The van der Waals surface area contributed by atoms with Gasteiger partial charge in [-0.1, -0.05) is 27.7 Å². The van der Waals surface area contributed by atoms with E-state index in [1.54, 1.807) is 0 Å². The van der Waals surface area contributed by atoms with Gasteiger partial charge >= 0.3 is 0 Å². The molecule has 45 unspecified atom stereocenters. The van der Waals surface area contributed by atoms with Crippen LogP contribution >= 0.6 is 0 Å². The van der Waals surface area contributed by atoms with Gasteiger partial charge in [0.2, 0.25) is 0 Å². The maximum absolute atomic E-state index is 12.9. The second-order valence-electron chi connectivity index (χ2n) is 31.5. The maximum Gasteiger partial charge on any atom is 0.187 e. The SMILES string of the molecule is CC1CCC2(OC1)OC1CC3C4CCC5CC(OC6OC(CO)C(OC7OC(CO)C(O)C(OC8OCC(O)C(OC9OC(COC%10OC(CO)C(O)C%10O)C(O)C(O)C9O)C8O)C7OC7OCC(O)C(O)C7O)C(O)C6OC6OC(C)C(O)C(O)C6O)C(O)CC5(C)C4CCC3(C)C1C2C. The first-order valence-corrected chi connectivity index (χ1v) is 36.0. The molecule has 35 nitrogen and oxygen atoms in total. The van der Waals surface area contributed by atoms with Crippen LogP contribution in [0, 0.1) is 52.3 Å². The summed E-state index contributed by atoms with van der Waals surface area (Å²) in [5.41, 5.74) is -0.279. The van der Waals surface area contributed by atoms with Crippen LogP contribution in [-0.4, -0.2) is 364 Å². The van der Waals surface area contributed by atoms with Crippen LogP contribution in [0.4, 0.5) is 0 Å². The molecule has 0 amide bonds. The predicted octanol–water partition coefficient (Wildman–Crippen LogP) is -7.52. The molecule has 0 aromatic carbocycles. The van der Waals surface area contributed by atoms with Gasteiger partial charge in [0.05, 0.1) is 70.7 Å². The molecule has 4 saturated carbocycles. The summed E-state index contributed by atoms with van der Waals surface area (Å²) in [6.07, 6.45) is -53.7. The molecule has 19 N–H and O–H groups in total. The Morgan fingerprint density at radius 1 is 0.406 bits per heavy atom. The predicted molar refractivity (Wildman–Crippen MR) is 328 cm³/mol. The van der Waals surface area contributed by atoms with E-state index >= 15 is 0 Å². The molecule has 4 aliphatic carbocycles. The van der Waals surface area contributed by atoms with E-state index in [9.17, 15) is 97.0 Å². The standard InChI is InChI=1S/C66H108O35/c1-22-8-11-66(89-18-22)23(2)38-33(101-66)13-28-26-7-6-25-12-32(29(70)14-65(25,5)27(26)9-10-64(28,38)4)91-62-55(99-60-48(82)44(78)39(73)24(3)90-60)50(84)53(36(17-69)94-62)97-63-56(100-58-46(80)40(74)30(71)19-86-58)54(43(77)35(16-68)93-63)98-59-51(85)52(31(72)20-87-59)96-61-49(83)45(79)42(76)37(95-61)21-88-57-47(81)41(75)34(15-67)92-57/h22-63,67-85H,6-21H2,1-5H3. The van der Waals surface area contributed by atoms with Gasteiger partial charge in [-0.25, -0.2) is 0 Å². The number of rotatable bonds is 18. The monoisotopic (exact) mass is 1460 g/mol. The maximum atomic E-state index is 12.9. The van der Waals surface area contributed by atoms with E-state index < -0.39 is 254 Å². The van der Waals surface area contributed by atoms with Gasteiger partial charge in [0.15, 0.2) is 49.8 Å². The number of ether oxygens (including phenoxy) is 16. The lowest BCUT2D eigenvalue weighted by Gasteiger charge is -2.62. The normalized spacial score (nSPS) is 57.6. The third-order valence-corrected chi connectivity index (χ3v) is 25.6. The van der Waals surface area contributed by atoms with Crippen molar-refractivity contribution in [2.75, 3.05) is 46.2 Å². The van der Waals surface area contributed by atoms with Crippen molar-refractivity contribution in [1.82, 2.24) is 0 Å². The molecule has 582 valence electrons. The average Bonchev–Trinajstić information content (AvgIpc) is 1.55. The fraction of sp³-hybridized carbons (Fsp3) is 1.00. The molecule has 9 saturated heterocycles. The van der Waals surface area contributed by atoms with Crippen LogP contribution in [0.2, 0.25) is 0 Å². The molecule has 35 heteroatoms. The molecule has 101 heavy (non-hydrogen) atoms. The first kappa shape index (κ1) is 77.7. The molecule has 9 aliphatic heterocycles. The zero-order valence-electron chi connectivity index (χ0n) is 57.1. The molecule has 0 aromatic heterocycles. The van der Waals surface area contributed by atoms with Crippen molar-refractivity contribution in [3.8, 4) is 0 Å². The topological polar surface area (TPSA) is 532 Å². The summed E-state index contributed by atoms with van der Waals surface area (Å²) in [5, 5.41) is 212. The van der Waals surface area contributed by atoms with Gasteiger partial charge in [-0.2, -0.15) is 0 Å². The van der Waals surface area contributed by atoms with E-state index in [2.05, 4.69) is 27.7 Å². The Balaban J connectivity index is 0.737. The van der Waals surface area contributed by atoms with E-state index in [0.29, 0.717) is 43.1 Å². The van der Waals surface area contributed by atoms with E-state index in [4.69, 9.17) is 75.8 Å². The smallest absolute Gasteiger partial charge is 0.187 e. The molecule has 0 radical (unpaired) electrons. The van der Waals surface area contributed by atoms with Crippen molar-refractivity contribution in [2.24, 2.45) is 52.3 Å². The van der Waals surface area contributed by atoms with Gasteiger partial charge in [-0.05, 0) is 105 Å². The quantitative estimate of drug-likeness (QED) is 0.0567.